The Balaban J connectivity index is 1.98. The van der Waals surface area contributed by atoms with Crippen molar-refractivity contribution in [2.24, 2.45) is 0 Å². The summed E-state index contributed by atoms with van der Waals surface area (Å²) in [5, 5.41) is 18.8. The summed E-state index contributed by atoms with van der Waals surface area (Å²) >= 11 is 0. The lowest BCUT2D eigenvalue weighted by Crippen LogP contribution is -2.42. The number of halogens is 1. The van der Waals surface area contributed by atoms with Crippen LogP contribution in [0.15, 0.2) is 52.2 Å². The first-order valence-electron chi connectivity index (χ1n) is 7.47. The van der Waals surface area contributed by atoms with Crippen molar-refractivity contribution in [3.05, 3.63) is 69.0 Å². The Morgan fingerprint density at radius 3 is 2.50 bits per heavy atom. The molecule has 2 aromatic rings. The Kier molecular flexibility index (Phi) is 4.61. The van der Waals surface area contributed by atoms with Crippen molar-refractivity contribution in [2.45, 2.75) is 31.2 Å². The second-order valence-electron chi connectivity index (χ2n) is 5.60. The lowest BCUT2D eigenvalue weighted by molar-refractivity contribution is -0.0496. The molecule has 24 heavy (non-hydrogen) atoms. The number of alkyl halides is 1. The molecule has 3 rings (SSSR count). The van der Waals surface area contributed by atoms with Gasteiger partial charge in [0.05, 0.1) is 13.2 Å². The van der Waals surface area contributed by atoms with Crippen LogP contribution in [0.5, 0.6) is 0 Å². The molecule has 2 heterocycles. The molecule has 1 aromatic carbocycles. The first-order chi connectivity index (χ1) is 11.5. The van der Waals surface area contributed by atoms with Crippen molar-refractivity contribution < 1.29 is 19.3 Å². The highest BCUT2D eigenvalue weighted by molar-refractivity contribution is 5.15. The maximum absolute atomic E-state index is 14.2. The maximum Gasteiger partial charge on any atom is 0.333 e. The van der Waals surface area contributed by atoms with Gasteiger partial charge in [-0.1, -0.05) is 30.3 Å². The van der Waals surface area contributed by atoms with E-state index in [4.69, 9.17) is 9.84 Å². The van der Waals surface area contributed by atoms with Gasteiger partial charge in [0.25, 0.3) is 5.56 Å². The Morgan fingerprint density at radius 2 is 1.88 bits per heavy atom. The van der Waals surface area contributed by atoms with Crippen molar-refractivity contribution in [1.82, 2.24) is 9.13 Å². The molecule has 0 aliphatic carbocycles. The molecule has 0 unspecified atom stereocenters. The van der Waals surface area contributed by atoms with Crippen LogP contribution in [-0.2, 0) is 11.3 Å². The number of rotatable bonds is 4. The number of aliphatic hydroxyl groups is 2. The summed E-state index contributed by atoms with van der Waals surface area (Å²) in [6.45, 7) is -0.536. The van der Waals surface area contributed by atoms with Gasteiger partial charge in [0.2, 0.25) is 0 Å². The van der Waals surface area contributed by atoms with Crippen LogP contribution >= 0.6 is 0 Å². The van der Waals surface area contributed by atoms with Crippen LogP contribution in [0, 0.1) is 0 Å². The maximum atomic E-state index is 14.2. The van der Waals surface area contributed by atoms with E-state index in [1.54, 1.807) is 24.3 Å². The molecule has 1 saturated heterocycles. The lowest BCUT2D eigenvalue weighted by atomic mass is 10.1. The van der Waals surface area contributed by atoms with Crippen LogP contribution in [0.4, 0.5) is 4.39 Å². The number of benzene rings is 1. The minimum atomic E-state index is -1.89. The summed E-state index contributed by atoms with van der Waals surface area (Å²) in [7, 11) is 0. The van der Waals surface area contributed by atoms with Gasteiger partial charge in [-0.15, -0.1) is 0 Å². The minimum absolute atomic E-state index is 0.0367. The number of nitrogens with zero attached hydrogens (tertiary/aromatic N) is 2. The number of hydrogen-bond acceptors (Lipinski definition) is 5. The highest BCUT2D eigenvalue weighted by Gasteiger charge is 2.45. The molecule has 128 valence electrons. The van der Waals surface area contributed by atoms with Crippen LogP contribution in [0.2, 0.25) is 0 Å². The van der Waals surface area contributed by atoms with Crippen molar-refractivity contribution in [1.29, 1.82) is 0 Å². The predicted molar refractivity (Wildman–Crippen MR) is 82.4 cm³/mol. The van der Waals surface area contributed by atoms with E-state index in [0.717, 1.165) is 27.0 Å². The van der Waals surface area contributed by atoms with E-state index < -0.39 is 42.5 Å². The monoisotopic (exact) mass is 336 g/mol. The summed E-state index contributed by atoms with van der Waals surface area (Å²) in [5.41, 5.74) is -0.524. The Labute approximate surface area is 136 Å². The Bertz CT molecular complexity index is 819. The van der Waals surface area contributed by atoms with Crippen molar-refractivity contribution >= 4 is 0 Å². The smallest absolute Gasteiger partial charge is 0.333 e. The largest absolute Gasteiger partial charge is 0.394 e. The number of aromatic nitrogens is 2. The van der Waals surface area contributed by atoms with Gasteiger partial charge < -0.3 is 14.9 Å². The van der Waals surface area contributed by atoms with Crippen LogP contribution in [0.25, 0.3) is 0 Å². The molecule has 0 amide bonds. The molecule has 8 heteroatoms. The summed E-state index contributed by atoms with van der Waals surface area (Å²) < 4.78 is 21.3. The van der Waals surface area contributed by atoms with E-state index in [-0.39, 0.29) is 6.54 Å². The van der Waals surface area contributed by atoms with Crippen molar-refractivity contribution in [3.63, 3.8) is 0 Å². The average Bonchev–Trinajstić information content (AvgIpc) is 2.88. The zero-order chi connectivity index (χ0) is 17.3. The molecular weight excluding hydrogens is 319 g/mol. The molecular formula is C16H17FN2O5. The molecule has 0 bridgehead atoms. The van der Waals surface area contributed by atoms with E-state index in [0.29, 0.717) is 0 Å². The third-order valence-electron chi connectivity index (χ3n) is 4.03. The lowest BCUT2D eigenvalue weighted by Gasteiger charge is -2.17. The molecule has 0 spiro atoms. The summed E-state index contributed by atoms with van der Waals surface area (Å²) in [6.07, 6.45) is -4.81. The molecule has 7 nitrogen and oxygen atoms in total. The van der Waals surface area contributed by atoms with Gasteiger partial charge in [-0.2, -0.15) is 0 Å². The second kappa shape index (κ2) is 6.68. The predicted octanol–water partition coefficient (Wildman–Crippen LogP) is -0.353. The van der Waals surface area contributed by atoms with Gasteiger partial charge in [-0.3, -0.25) is 13.9 Å². The number of ether oxygens (including phenoxy) is 1. The SMILES string of the molecule is O=c1ccn([C@@H]2O[C@@H](CO)[C@@H](O)[C@H]2F)c(=O)n1Cc1ccccc1. The van der Waals surface area contributed by atoms with E-state index in [1.807, 2.05) is 6.07 Å². The average molecular weight is 336 g/mol. The fraction of sp³-hybridized carbons (Fsp3) is 0.375. The third kappa shape index (κ3) is 2.91. The van der Waals surface area contributed by atoms with Crippen LogP contribution in [-0.4, -0.2) is 44.3 Å². The number of hydrogen-bond donors (Lipinski definition) is 2. The highest BCUT2D eigenvalue weighted by atomic mass is 19.1. The summed E-state index contributed by atoms with van der Waals surface area (Å²) in [4.78, 5) is 24.6. The van der Waals surface area contributed by atoms with Crippen LogP contribution in [0.3, 0.4) is 0 Å². The van der Waals surface area contributed by atoms with E-state index >= 15 is 0 Å². The zero-order valence-electron chi connectivity index (χ0n) is 12.7. The van der Waals surface area contributed by atoms with Crippen LogP contribution < -0.4 is 11.2 Å². The normalized spacial score (nSPS) is 26.6. The molecule has 4 atom stereocenters. The summed E-state index contributed by atoms with van der Waals surface area (Å²) in [6, 6.07) is 10.0. The van der Waals surface area contributed by atoms with Gasteiger partial charge >= 0.3 is 5.69 Å². The van der Waals surface area contributed by atoms with E-state index in [9.17, 15) is 19.1 Å². The first kappa shape index (κ1) is 16.6. The van der Waals surface area contributed by atoms with Gasteiger partial charge in [0.15, 0.2) is 12.4 Å². The fourth-order valence-corrected chi connectivity index (χ4v) is 2.72. The van der Waals surface area contributed by atoms with Gasteiger partial charge in [0.1, 0.15) is 12.2 Å². The molecule has 0 radical (unpaired) electrons. The second-order valence-corrected chi connectivity index (χ2v) is 5.60. The quantitative estimate of drug-likeness (QED) is 0.796. The Morgan fingerprint density at radius 1 is 1.17 bits per heavy atom. The zero-order valence-corrected chi connectivity index (χ0v) is 12.7. The van der Waals surface area contributed by atoms with Gasteiger partial charge in [0, 0.05) is 12.3 Å². The Hall–Kier alpha value is -2.29. The first-order valence-corrected chi connectivity index (χ1v) is 7.47. The third-order valence-corrected chi connectivity index (χ3v) is 4.03. The molecule has 1 aliphatic rings. The molecule has 1 fully saturated rings. The topological polar surface area (TPSA) is 93.7 Å². The number of aliphatic hydroxyl groups excluding tert-OH is 2. The standard InChI is InChI=1S/C16H17FN2O5/c17-13-14(22)11(9-20)24-15(13)18-7-6-12(21)19(16(18)23)8-10-4-2-1-3-5-10/h1-7,11,13-15,20,22H,8-9H2/t11-,13+,14+,15+/m0/s1. The van der Waals surface area contributed by atoms with Crippen molar-refractivity contribution in [3.8, 4) is 0 Å². The highest BCUT2D eigenvalue weighted by Crippen LogP contribution is 2.30. The van der Waals surface area contributed by atoms with Crippen LogP contribution in [0.1, 0.15) is 11.8 Å². The fourth-order valence-electron chi connectivity index (χ4n) is 2.72. The minimum Gasteiger partial charge on any atom is -0.394 e. The van der Waals surface area contributed by atoms with Crippen molar-refractivity contribution in [2.75, 3.05) is 6.61 Å². The van der Waals surface area contributed by atoms with Gasteiger partial charge in [-0.05, 0) is 5.56 Å². The molecule has 0 saturated carbocycles. The van der Waals surface area contributed by atoms with E-state index in [1.165, 1.54) is 0 Å². The molecule has 1 aliphatic heterocycles. The van der Waals surface area contributed by atoms with Gasteiger partial charge in [-0.25, -0.2) is 9.18 Å². The molecule has 2 N–H and O–H groups in total. The summed E-state index contributed by atoms with van der Waals surface area (Å²) in [5.74, 6) is 0. The molecule has 1 aromatic heterocycles. The van der Waals surface area contributed by atoms with E-state index in [2.05, 4.69) is 0 Å².